The minimum absolute atomic E-state index is 0.0468. The average molecular weight is 755 g/mol. The monoisotopic (exact) mass is 754 g/mol. The molecule has 0 radical (unpaired) electrons. The number of unbranched alkanes of at least 4 members (excludes halogenated alkanes) is 1. The van der Waals surface area contributed by atoms with Gasteiger partial charge in [-0.25, -0.2) is 14.5 Å². The Bertz CT molecular complexity index is 1730. The maximum absolute atomic E-state index is 14.5. The Hall–Kier alpha value is -3.71. The topological polar surface area (TPSA) is 104 Å². The van der Waals surface area contributed by atoms with E-state index in [1.807, 2.05) is 0 Å². The zero-order chi connectivity index (χ0) is 38.3. The van der Waals surface area contributed by atoms with E-state index in [9.17, 15) is 32.3 Å². The van der Waals surface area contributed by atoms with E-state index in [0.717, 1.165) is 42.4 Å². The normalized spacial score (nSPS) is 12.8. The van der Waals surface area contributed by atoms with Gasteiger partial charge >= 0.3 is 24.3 Å². The Morgan fingerprint density at radius 2 is 1.63 bits per heavy atom. The fourth-order valence-electron chi connectivity index (χ4n) is 5.00. The third-order valence-corrected chi connectivity index (χ3v) is 8.87. The number of carbonyl (C=O) groups excluding carboxylic acids is 4. The van der Waals surface area contributed by atoms with Crippen molar-refractivity contribution in [2.45, 2.75) is 110 Å². The van der Waals surface area contributed by atoms with Crippen molar-refractivity contribution in [1.29, 1.82) is 0 Å². The summed E-state index contributed by atoms with van der Waals surface area (Å²) in [6.45, 7) is 14.1. The third kappa shape index (κ3) is 11.6. The van der Waals surface area contributed by atoms with Crippen LogP contribution in [0, 0.1) is 5.92 Å². The summed E-state index contributed by atoms with van der Waals surface area (Å²) in [6.07, 6.45) is -1.79. The second-order valence-corrected chi connectivity index (χ2v) is 15.6. The van der Waals surface area contributed by atoms with Crippen molar-refractivity contribution in [3.8, 4) is 0 Å². The summed E-state index contributed by atoms with van der Waals surface area (Å²) in [5.41, 5.74) is -3.80. The Kier molecular flexibility index (Phi) is 14.1. The number of amides is 2. The lowest BCUT2D eigenvalue weighted by Crippen LogP contribution is -2.41. The van der Waals surface area contributed by atoms with Gasteiger partial charge in [-0.2, -0.15) is 13.2 Å². The van der Waals surface area contributed by atoms with E-state index < -0.39 is 46.7 Å². The van der Waals surface area contributed by atoms with Gasteiger partial charge in [-0.15, -0.1) is 11.8 Å². The maximum Gasteiger partial charge on any atom is 0.422 e. The van der Waals surface area contributed by atoms with Crippen molar-refractivity contribution in [2.24, 2.45) is 5.92 Å². The molecule has 1 aromatic heterocycles. The molecule has 0 fully saturated rings. The molecule has 1 atom stereocenters. The number of hydrogen-bond donors (Lipinski definition) is 0. The highest BCUT2D eigenvalue weighted by Crippen LogP contribution is 2.39. The molecular weight excluding hydrogens is 709 g/mol. The number of rotatable bonds is 12. The minimum atomic E-state index is -4.83. The van der Waals surface area contributed by atoms with Gasteiger partial charge in [-0.05, 0) is 84.2 Å². The molecule has 3 rings (SSSR count). The quantitative estimate of drug-likeness (QED) is 0.102. The van der Waals surface area contributed by atoms with Crippen LogP contribution in [0.5, 0.6) is 0 Å². The van der Waals surface area contributed by atoms with Crippen LogP contribution >= 0.6 is 23.4 Å². The van der Waals surface area contributed by atoms with Gasteiger partial charge in [0.25, 0.3) is 5.91 Å². The summed E-state index contributed by atoms with van der Waals surface area (Å²) in [6, 6.07) is 7.12. The summed E-state index contributed by atoms with van der Waals surface area (Å²) in [7, 11) is 0. The van der Waals surface area contributed by atoms with E-state index in [1.165, 1.54) is 38.7 Å². The van der Waals surface area contributed by atoms with E-state index in [4.69, 9.17) is 25.8 Å². The first-order valence-electron chi connectivity index (χ1n) is 16.8. The predicted octanol–water partition coefficient (Wildman–Crippen LogP) is 10.9. The molecule has 51 heavy (non-hydrogen) atoms. The molecule has 0 aliphatic heterocycles. The average Bonchev–Trinajstić information content (AvgIpc) is 3.41. The highest BCUT2D eigenvalue weighted by Gasteiger charge is 2.37. The number of anilines is 1. The third-order valence-electron chi connectivity index (χ3n) is 7.49. The van der Waals surface area contributed by atoms with E-state index >= 15 is 0 Å². The molecular formula is C37H46ClF3N2O7S. The number of ether oxygens (including phenoxy) is 3. The van der Waals surface area contributed by atoms with Crippen molar-refractivity contribution in [1.82, 2.24) is 4.57 Å². The largest absolute Gasteiger partial charge is 0.465 e. The molecule has 0 saturated heterocycles. The van der Waals surface area contributed by atoms with Gasteiger partial charge in [-0.3, -0.25) is 14.2 Å². The first-order chi connectivity index (χ1) is 23.7. The number of imide groups is 1. The fraction of sp³-hybridized carbons (Fsp3) is 0.514. The number of thioether (sulfide) groups is 1. The zero-order valence-electron chi connectivity index (χ0n) is 30.2. The van der Waals surface area contributed by atoms with Crippen LogP contribution in [0.4, 0.5) is 28.4 Å². The minimum Gasteiger partial charge on any atom is -0.465 e. The molecule has 280 valence electrons. The summed E-state index contributed by atoms with van der Waals surface area (Å²) >= 11 is 7.56. The van der Waals surface area contributed by atoms with E-state index in [2.05, 4.69) is 13.8 Å². The summed E-state index contributed by atoms with van der Waals surface area (Å²) in [4.78, 5) is 55.2. The molecule has 1 unspecified atom stereocenters. The zero-order valence-corrected chi connectivity index (χ0v) is 31.8. The molecule has 2 aromatic carbocycles. The first kappa shape index (κ1) is 41.7. The van der Waals surface area contributed by atoms with Gasteiger partial charge in [0.15, 0.2) is 0 Å². The number of carbonyl (C=O) groups is 4. The van der Waals surface area contributed by atoms with Crippen LogP contribution in [0.1, 0.15) is 103 Å². The number of hydrogen-bond acceptors (Lipinski definition) is 8. The predicted molar refractivity (Wildman–Crippen MR) is 193 cm³/mol. The standard InChI is InChI=1S/C37H46ClF3N2O7S/c1-9-11-13-23(10-2)22-48-30(44)18-19-51-29-15-12-14-27-31(29)25(21-42(27)33(46)49-35(3,4)5)32(45)43(34(47)50-36(6,7)8)28-20-24(37(39,40)41)16-17-26(28)38/h12,14-17,20-21,23H,9-11,13,18-19,22H2,1-8H3. The van der Waals surface area contributed by atoms with Crippen molar-refractivity contribution in [3.63, 3.8) is 0 Å². The number of benzene rings is 2. The van der Waals surface area contributed by atoms with Crippen LogP contribution < -0.4 is 4.90 Å². The second-order valence-electron chi connectivity index (χ2n) is 14.0. The molecule has 0 aliphatic carbocycles. The molecule has 0 bridgehead atoms. The Labute approximate surface area is 306 Å². The van der Waals surface area contributed by atoms with Crippen molar-refractivity contribution < 1.29 is 46.6 Å². The van der Waals surface area contributed by atoms with Gasteiger partial charge < -0.3 is 14.2 Å². The number of aromatic nitrogens is 1. The van der Waals surface area contributed by atoms with Crippen LogP contribution in [0.2, 0.25) is 5.02 Å². The highest BCUT2D eigenvalue weighted by molar-refractivity contribution is 7.99. The Morgan fingerprint density at radius 3 is 2.22 bits per heavy atom. The van der Waals surface area contributed by atoms with E-state index in [-0.39, 0.29) is 45.5 Å². The molecule has 1 heterocycles. The number of esters is 1. The van der Waals surface area contributed by atoms with Gasteiger partial charge in [0, 0.05) is 22.2 Å². The molecule has 2 amide bonds. The Morgan fingerprint density at radius 1 is 0.961 bits per heavy atom. The van der Waals surface area contributed by atoms with Gasteiger partial charge in [0.05, 0.1) is 40.4 Å². The molecule has 3 aromatic rings. The molecule has 0 saturated carbocycles. The molecule has 9 nitrogen and oxygen atoms in total. The van der Waals surface area contributed by atoms with Crippen LogP contribution in [-0.4, -0.2) is 52.2 Å². The van der Waals surface area contributed by atoms with Crippen molar-refractivity contribution in [2.75, 3.05) is 17.3 Å². The summed E-state index contributed by atoms with van der Waals surface area (Å²) in [5.74, 6) is -0.982. The molecule has 0 spiro atoms. The lowest BCUT2D eigenvalue weighted by molar-refractivity contribution is -0.144. The maximum atomic E-state index is 14.5. The van der Waals surface area contributed by atoms with Crippen molar-refractivity contribution >= 4 is 64.0 Å². The van der Waals surface area contributed by atoms with Gasteiger partial charge in [0.1, 0.15) is 11.2 Å². The number of halogens is 4. The smallest absolute Gasteiger partial charge is 0.422 e. The van der Waals surface area contributed by atoms with Crippen LogP contribution in [-0.2, 0) is 25.2 Å². The Balaban J connectivity index is 2.12. The van der Waals surface area contributed by atoms with Crippen LogP contribution in [0.3, 0.4) is 0 Å². The van der Waals surface area contributed by atoms with Gasteiger partial charge in [0.2, 0.25) is 0 Å². The molecule has 14 heteroatoms. The molecule has 0 N–H and O–H groups in total. The summed E-state index contributed by atoms with van der Waals surface area (Å²) in [5, 5.41) is -0.125. The van der Waals surface area contributed by atoms with E-state index in [0.29, 0.717) is 22.5 Å². The first-order valence-corrected chi connectivity index (χ1v) is 18.1. The lowest BCUT2D eigenvalue weighted by Gasteiger charge is -2.27. The summed E-state index contributed by atoms with van der Waals surface area (Å²) < 4.78 is 59.2. The molecule has 0 aliphatic rings. The number of nitrogens with zero attached hydrogens (tertiary/aromatic N) is 2. The van der Waals surface area contributed by atoms with Crippen LogP contribution in [0.25, 0.3) is 10.9 Å². The number of alkyl halides is 3. The van der Waals surface area contributed by atoms with Crippen LogP contribution in [0.15, 0.2) is 47.5 Å². The lowest BCUT2D eigenvalue weighted by atomic mass is 10.0. The highest BCUT2D eigenvalue weighted by atomic mass is 35.5. The van der Waals surface area contributed by atoms with Gasteiger partial charge in [-0.1, -0.05) is 50.8 Å². The number of fused-ring (bicyclic) bond motifs is 1. The SMILES string of the molecule is CCCCC(CC)COC(=O)CCSc1cccc2c1c(C(=O)N(C(=O)OC(C)(C)C)c1cc(C(F)(F)F)ccc1Cl)cn2C(=O)OC(C)(C)C. The fourth-order valence-corrected chi connectivity index (χ4v) is 6.23. The van der Waals surface area contributed by atoms with E-state index in [1.54, 1.807) is 39.0 Å². The second kappa shape index (κ2) is 17.2. The van der Waals surface area contributed by atoms with Crippen molar-refractivity contribution in [3.05, 3.63) is 58.7 Å².